The van der Waals surface area contributed by atoms with E-state index in [-0.39, 0.29) is 0 Å². The highest BCUT2D eigenvalue weighted by Gasteiger charge is 2.28. The largest absolute Gasteiger partial charge is 0.394 e. The van der Waals surface area contributed by atoms with Crippen molar-refractivity contribution in [1.82, 2.24) is 5.32 Å². The van der Waals surface area contributed by atoms with Gasteiger partial charge in [0.1, 0.15) is 12.2 Å². The highest BCUT2D eigenvalue weighted by molar-refractivity contribution is 5.80. The zero-order chi connectivity index (χ0) is 48.1. The predicted molar refractivity (Wildman–Crippen MR) is 288 cm³/mol. The zero-order valence-corrected chi connectivity index (χ0v) is 44.2. The van der Waals surface area contributed by atoms with E-state index in [1.807, 2.05) is 0 Å². The molecule has 0 aliphatic rings. The van der Waals surface area contributed by atoms with Crippen LogP contribution >= 0.6 is 0 Å². The molecule has 0 heterocycles. The first-order chi connectivity index (χ1) is 32.5. The minimum Gasteiger partial charge on any atom is -0.394 e. The number of aliphatic hydroxyl groups is 4. The Morgan fingerprint density at radius 3 is 0.955 bits per heavy atom. The van der Waals surface area contributed by atoms with Crippen LogP contribution in [0.25, 0.3) is 0 Å². The van der Waals surface area contributed by atoms with E-state index in [1.165, 1.54) is 238 Å². The second kappa shape index (κ2) is 54.5. The van der Waals surface area contributed by atoms with Crippen molar-refractivity contribution in [2.75, 3.05) is 6.61 Å². The second-order valence-corrected chi connectivity index (χ2v) is 20.3. The van der Waals surface area contributed by atoms with E-state index in [0.717, 1.165) is 38.5 Å². The lowest BCUT2D eigenvalue weighted by Gasteiger charge is -2.27. The Labute approximate surface area is 411 Å². The number of allylic oxidation sites excluding steroid dienone is 6. The van der Waals surface area contributed by atoms with Gasteiger partial charge in [-0.25, -0.2) is 0 Å². The molecule has 66 heavy (non-hydrogen) atoms. The van der Waals surface area contributed by atoms with Gasteiger partial charge in [0.15, 0.2) is 0 Å². The molecule has 5 N–H and O–H groups in total. The minimum atomic E-state index is -1.29. The third-order valence-electron chi connectivity index (χ3n) is 13.8. The van der Waals surface area contributed by atoms with E-state index < -0.39 is 36.9 Å². The van der Waals surface area contributed by atoms with Crippen molar-refractivity contribution >= 4 is 5.91 Å². The molecule has 0 rings (SSSR count). The third-order valence-corrected chi connectivity index (χ3v) is 13.8. The van der Waals surface area contributed by atoms with Crippen LogP contribution in [0.5, 0.6) is 0 Å². The van der Waals surface area contributed by atoms with Crippen LogP contribution < -0.4 is 5.32 Å². The molecule has 6 heteroatoms. The lowest BCUT2D eigenvalue weighted by molar-refractivity contribution is -0.132. The topological polar surface area (TPSA) is 110 Å². The van der Waals surface area contributed by atoms with E-state index in [2.05, 4.69) is 55.6 Å². The van der Waals surface area contributed by atoms with Gasteiger partial charge in [-0.3, -0.25) is 4.79 Å². The van der Waals surface area contributed by atoms with E-state index in [4.69, 9.17) is 0 Å². The van der Waals surface area contributed by atoms with Crippen LogP contribution in [0.15, 0.2) is 36.5 Å². The van der Waals surface area contributed by atoms with Crippen molar-refractivity contribution in [3.8, 4) is 0 Å². The molecule has 0 radical (unpaired) electrons. The fraction of sp³-hybridized carbons (Fsp3) is 0.883. The molecule has 0 spiro atoms. The number of aliphatic hydroxyl groups excluding tert-OH is 4. The number of hydrogen-bond donors (Lipinski definition) is 5. The molecule has 6 nitrogen and oxygen atoms in total. The molecule has 0 aliphatic heterocycles. The highest BCUT2D eigenvalue weighted by atomic mass is 16.3. The first-order valence-corrected chi connectivity index (χ1v) is 29.4. The molecular weight excluding hydrogens is 815 g/mol. The average Bonchev–Trinajstić information content (AvgIpc) is 3.32. The molecule has 4 atom stereocenters. The lowest BCUT2D eigenvalue weighted by atomic mass is 10.00. The summed E-state index contributed by atoms with van der Waals surface area (Å²) in [7, 11) is 0. The molecule has 0 saturated carbocycles. The summed E-state index contributed by atoms with van der Waals surface area (Å²) in [5, 5.41) is 44.0. The first-order valence-electron chi connectivity index (χ1n) is 29.4. The van der Waals surface area contributed by atoms with E-state index in [0.29, 0.717) is 19.3 Å². The fourth-order valence-electron chi connectivity index (χ4n) is 9.18. The number of carbonyl (C=O) groups is 1. The normalized spacial score (nSPS) is 14.0. The Morgan fingerprint density at radius 1 is 0.364 bits per heavy atom. The van der Waals surface area contributed by atoms with Crippen LogP contribution in [0.4, 0.5) is 0 Å². The maximum atomic E-state index is 12.6. The van der Waals surface area contributed by atoms with Gasteiger partial charge in [0.2, 0.25) is 5.91 Å². The number of hydrogen-bond acceptors (Lipinski definition) is 5. The van der Waals surface area contributed by atoms with E-state index in [1.54, 1.807) is 0 Å². The predicted octanol–water partition coefficient (Wildman–Crippen LogP) is 17.2. The second-order valence-electron chi connectivity index (χ2n) is 20.3. The van der Waals surface area contributed by atoms with Gasteiger partial charge in [0.05, 0.1) is 18.8 Å². The summed E-state index contributed by atoms with van der Waals surface area (Å²) in [6.45, 7) is 4.07. The van der Waals surface area contributed by atoms with Crippen molar-refractivity contribution in [2.24, 2.45) is 0 Å². The molecule has 0 aromatic rings. The smallest absolute Gasteiger partial charge is 0.249 e. The lowest BCUT2D eigenvalue weighted by Crippen LogP contribution is -2.53. The maximum Gasteiger partial charge on any atom is 0.249 e. The Hall–Kier alpha value is -1.47. The first kappa shape index (κ1) is 64.5. The number of carbonyl (C=O) groups excluding carboxylic acids is 1. The zero-order valence-electron chi connectivity index (χ0n) is 44.2. The third kappa shape index (κ3) is 47.6. The van der Waals surface area contributed by atoms with Crippen molar-refractivity contribution < 1.29 is 25.2 Å². The fourth-order valence-corrected chi connectivity index (χ4v) is 9.18. The molecule has 390 valence electrons. The van der Waals surface area contributed by atoms with Gasteiger partial charge in [0, 0.05) is 0 Å². The van der Waals surface area contributed by atoms with Crippen LogP contribution in [0.2, 0.25) is 0 Å². The molecule has 0 fully saturated rings. The van der Waals surface area contributed by atoms with Gasteiger partial charge in [-0.15, -0.1) is 0 Å². The van der Waals surface area contributed by atoms with Crippen molar-refractivity contribution in [1.29, 1.82) is 0 Å². The standard InChI is InChI=1S/C60H115NO5/c1-3-5-7-9-11-13-15-17-19-21-23-25-27-28-29-30-32-33-35-37-39-41-43-45-47-49-51-53-57(63)59(65)56(55-62)61-60(66)58(64)54-52-50-48-46-44-42-40-38-36-34-31-26-24-22-20-18-16-14-12-10-8-6-4-2/h34,36-37,39,45,47,56-59,62-65H,3-33,35,38,40-44,46,48-55H2,1-2H3,(H,61,66)/b36-34-,39-37+,47-45+. The molecule has 0 aromatic carbocycles. The molecule has 0 bridgehead atoms. The van der Waals surface area contributed by atoms with Crippen LogP contribution in [0, 0.1) is 0 Å². The Kier molecular flexibility index (Phi) is 53.3. The van der Waals surface area contributed by atoms with Gasteiger partial charge in [0.25, 0.3) is 0 Å². The molecule has 1 amide bonds. The summed E-state index contributed by atoms with van der Waals surface area (Å²) in [4.78, 5) is 12.6. The molecule has 4 unspecified atom stereocenters. The molecule has 0 aliphatic carbocycles. The summed E-state index contributed by atoms with van der Waals surface area (Å²) in [5.74, 6) is -0.598. The minimum absolute atomic E-state index is 0.356. The number of rotatable bonds is 54. The van der Waals surface area contributed by atoms with Gasteiger partial charge >= 0.3 is 0 Å². The number of nitrogens with one attached hydrogen (secondary N) is 1. The van der Waals surface area contributed by atoms with Crippen molar-refractivity contribution in [3.05, 3.63) is 36.5 Å². The van der Waals surface area contributed by atoms with Crippen LogP contribution in [0.1, 0.15) is 309 Å². The average molecular weight is 931 g/mol. The highest BCUT2D eigenvalue weighted by Crippen LogP contribution is 2.17. The monoisotopic (exact) mass is 930 g/mol. The Bertz CT molecular complexity index is 1040. The number of unbranched alkanes of at least 4 members (excludes halogenated alkanes) is 39. The Morgan fingerprint density at radius 2 is 0.636 bits per heavy atom. The van der Waals surface area contributed by atoms with Crippen molar-refractivity contribution in [3.63, 3.8) is 0 Å². The molecule has 0 aromatic heterocycles. The summed E-state index contributed by atoms with van der Waals surface area (Å²) in [6.07, 6.45) is 68.0. The molecule has 0 saturated heterocycles. The Balaban J connectivity index is 3.68. The van der Waals surface area contributed by atoms with Gasteiger partial charge in [-0.1, -0.05) is 269 Å². The van der Waals surface area contributed by atoms with Gasteiger partial charge < -0.3 is 25.7 Å². The summed E-state index contributed by atoms with van der Waals surface area (Å²) in [5.41, 5.74) is 0. The maximum absolute atomic E-state index is 12.6. The van der Waals surface area contributed by atoms with E-state index in [9.17, 15) is 25.2 Å². The SMILES string of the molecule is CCCCCCCCCCCCCC/C=C\CCCCCCCCCC(O)C(=O)NC(CO)C(O)C(O)CCC/C=C/CC/C=C/CCCCCCCCCCCCCCCCCCCC. The summed E-state index contributed by atoms with van der Waals surface area (Å²) >= 11 is 0. The van der Waals surface area contributed by atoms with Crippen molar-refractivity contribution in [2.45, 2.75) is 334 Å². The summed E-state index contributed by atoms with van der Waals surface area (Å²) < 4.78 is 0. The number of amides is 1. The van der Waals surface area contributed by atoms with Gasteiger partial charge in [-0.2, -0.15) is 0 Å². The van der Waals surface area contributed by atoms with Crippen LogP contribution in [-0.4, -0.2) is 57.3 Å². The quantitative estimate of drug-likeness (QED) is 0.0308. The van der Waals surface area contributed by atoms with E-state index >= 15 is 0 Å². The molecular formula is C60H115NO5. The summed E-state index contributed by atoms with van der Waals surface area (Å²) in [6, 6.07) is -1.01. The van der Waals surface area contributed by atoms with Crippen LogP contribution in [-0.2, 0) is 4.79 Å². The van der Waals surface area contributed by atoms with Crippen LogP contribution in [0.3, 0.4) is 0 Å². The van der Waals surface area contributed by atoms with Gasteiger partial charge in [-0.05, 0) is 77.0 Å².